The molecule has 1 aromatic carbocycles. The van der Waals surface area contributed by atoms with Crippen LogP contribution >= 0.6 is 0 Å². The molecule has 1 aromatic rings. The zero-order valence-corrected chi connectivity index (χ0v) is 16.5. The van der Waals surface area contributed by atoms with E-state index in [1.807, 2.05) is 18.2 Å². The zero-order chi connectivity index (χ0) is 16.3. The van der Waals surface area contributed by atoms with Crippen LogP contribution in [-0.4, -0.2) is 43.2 Å². The summed E-state index contributed by atoms with van der Waals surface area (Å²) in [6.07, 6.45) is 5.90. The van der Waals surface area contributed by atoms with E-state index in [4.69, 9.17) is 4.74 Å². The average Bonchev–Trinajstić information content (AvgIpc) is 3.20. The summed E-state index contributed by atoms with van der Waals surface area (Å²) in [4.78, 5) is 13.0. The summed E-state index contributed by atoms with van der Waals surface area (Å²) in [5.41, 5.74) is 1.13. The Labute approximate surface area is 156 Å². The molecule has 1 saturated heterocycles. The molecular weight excluding hydrogens is 366 g/mol. The molecule has 3 nitrogen and oxygen atoms in total. The van der Waals surface area contributed by atoms with Crippen molar-refractivity contribution in [2.45, 2.75) is 51.0 Å². The summed E-state index contributed by atoms with van der Waals surface area (Å²) >= 11 is 0. The van der Waals surface area contributed by atoms with E-state index in [1.165, 1.54) is 12.8 Å². The molecule has 0 radical (unpaired) electrons. The van der Waals surface area contributed by atoms with Crippen molar-refractivity contribution in [3.63, 3.8) is 0 Å². The van der Waals surface area contributed by atoms with Crippen molar-refractivity contribution in [1.82, 2.24) is 0 Å². The Morgan fingerprint density at radius 1 is 1.21 bits per heavy atom. The predicted molar refractivity (Wildman–Crippen MR) is 92.1 cm³/mol. The number of esters is 1. The second-order valence-electron chi connectivity index (χ2n) is 7.62. The maximum absolute atomic E-state index is 13.0. The van der Waals surface area contributed by atoms with Crippen molar-refractivity contribution >= 4 is 5.97 Å². The zero-order valence-electron chi connectivity index (χ0n) is 14.9. The molecular formula is C20H30BrNO2. The van der Waals surface area contributed by atoms with Gasteiger partial charge >= 0.3 is 5.97 Å². The molecule has 3 unspecified atom stereocenters. The summed E-state index contributed by atoms with van der Waals surface area (Å²) in [6, 6.07) is 10.3. The van der Waals surface area contributed by atoms with E-state index in [9.17, 15) is 4.79 Å². The van der Waals surface area contributed by atoms with E-state index in [0.29, 0.717) is 5.92 Å². The van der Waals surface area contributed by atoms with Crippen LogP contribution in [0.2, 0.25) is 0 Å². The Kier molecular flexibility index (Phi) is 6.88. The fourth-order valence-electron chi connectivity index (χ4n) is 4.30. The van der Waals surface area contributed by atoms with E-state index < -0.39 is 0 Å². The monoisotopic (exact) mass is 395 g/mol. The van der Waals surface area contributed by atoms with E-state index in [1.54, 1.807) is 0 Å². The van der Waals surface area contributed by atoms with Gasteiger partial charge in [0.05, 0.1) is 26.1 Å². The second kappa shape index (κ2) is 8.48. The number of nitrogens with zero attached hydrogens (tertiary/aromatic N) is 1. The molecule has 0 aromatic heterocycles. The number of carbonyl (C=O) groups excluding carboxylic acids is 1. The number of ether oxygens (including phenoxy) is 1. The van der Waals surface area contributed by atoms with Crippen LogP contribution in [0.3, 0.4) is 0 Å². The smallest absolute Gasteiger partial charge is 0.314 e. The van der Waals surface area contributed by atoms with Crippen LogP contribution in [-0.2, 0) is 9.53 Å². The molecule has 1 heterocycles. The highest BCUT2D eigenvalue weighted by molar-refractivity contribution is 5.78. The first-order valence-electron chi connectivity index (χ1n) is 9.20. The molecule has 1 saturated carbocycles. The third-order valence-electron chi connectivity index (χ3n) is 5.97. The largest absolute Gasteiger partial charge is 1.00 e. The van der Waals surface area contributed by atoms with Crippen LogP contribution in [0, 0.1) is 5.92 Å². The first-order chi connectivity index (χ1) is 11.1. The molecule has 0 bridgehead atoms. The minimum Gasteiger partial charge on any atom is -1.00 e. The maximum Gasteiger partial charge on any atom is 0.314 e. The van der Waals surface area contributed by atoms with Crippen molar-refractivity contribution < 1.29 is 31.0 Å². The predicted octanol–water partition coefficient (Wildman–Crippen LogP) is 0.746. The van der Waals surface area contributed by atoms with Crippen molar-refractivity contribution in [1.29, 1.82) is 0 Å². The molecule has 0 spiro atoms. The van der Waals surface area contributed by atoms with Gasteiger partial charge in [0.2, 0.25) is 0 Å². The van der Waals surface area contributed by atoms with Crippen LogP contribution in [0.5, 0.6) is 0 Å². The minimum absolute atomic E-state index is 0. The molecule has 0 N–H and O–H groups in total. The topological polar surface area (TPSA) is 26.3 Å². The number of hydrogen-bond donors (Lipinski definition) is 0. The Morgan fingerprint density at radius 2 is 1.88 bits per heavy atom. The molecule has 3 rings (SSSR count). The number of benzene rings is 1. The van der Waals surface area contributed by atoms with Gasteiger partial charge in [-0.25, -0.2) is 0 Å². The number of rotatable bonds is 5. The Bertz CT molecular complexity index is 530. The van der Waals surface area contributed by atoms with Gasteiger partial charge < -0.3 is 26.2 Å². The van der Waals surface area contributed by atoms with Crippen molar-refractivity contribution in [3.05, 3.63) is 35.9 Å². The number of hydrogen-bond acceptors (Lipinski definition) is 2. The van der Waals surface area contributed by atoms with Gasteiger partial charge in [0.15, 0.2) is 6.10 Å². The second-order valence-corrected chi connectivity index (χ2v) is 7.62. The van der Waals surface area contributed by atoms with Gasteiger partial charge in [-0.3, -0.25) is 4.79 Å². The number of likely N-dealkylation sites (N-methyl/N-ethyl adjacent to an activating group) is 1. The number of likely N-dealkylation sites (tertiary alicyclic amines) is 1. The summed E-state index contributed by atoms with van der Waals surface area (Å²) in [6.45, 7) is 5.41. The Hall–Kier alpha value is -0.870. The molecule has 0 amide bonds. The SMILES string of the molecule is CC[N+]1(C)CCC(OC(=O)C(c2ccccc2)C2CCCC2)C1.[Br-]. The summed E-state index contributed by atoms with van der Waals surface area (Å²) < 4.78 is 7.01. The molecule has 2 aliphatic rings. The van der Waals surface area contributed by atoms with Crippen molar-refractivity contribution in [3.8, 4) is 0 Å². The number of carbonyl (C=O) groups is 1. The van der Waals surface area contributed by atoms with Gasteiger partial charge in [0.25, 0.3) is 0 Å². The molecule has 134 valence electrons. The van der Waals surface area contributed by atoms with Crippen molar-refractivity contribution in [2.24, 2.45) is 5.92 Å². The minimum atomic E-state index is -0.0697. The molecule has 1 aliphatic carbocycles. The highest BCUT2D eigenvalue weighted by atomic mass is 79.9. The van der Waals surface area contributed by atoms with Gasteiger partial charge in [0, 0.05) is 6.42 Å². The quantitative estimate of drug-likeness (QED) is 0.543. The van der Waals surface area contributed by atoms with Crippen molar-refractivity contribution in [2.75, 3.05) is 26.7 Å². The molecule has 1 aliphatic heterocycles. The third-order valence-corrected chi connectivity index (χ3v) is 5.97. The third kappa shape index (κ3) is 4.40. The lowest BCUT2D eigenvalue weighted by Gasteiger charge is -2.28. The van der Waals surface area contributed by atoms with Crippen LogP contribution in [0.4, 0.5) is 0 Å². The lowest BCUT2D eigenvalue weighted by Crippen LogP contribution is -3.00. The van der Waals surface area contributed by atoms with Crippen LogP contribution < -0.4 is 17.0 Å². The van der Waals surface area contributed by atoms with Gasteiger partial charge in [-0.2, -0.15) is 0 Å². The highest BCUT2D eigenvalue weighted by Gasteiger charge is 2.39. The molecule has 4 heteroatoms. The fraction of sp³-hybridized carbons (Fsp3) is 0.650. The first kappa shape index (κ1) is 19.5. The Balaban J connectivity index is 0.00000208. The summed E-state index contributed by atoms with van der Waals surface area (Å²) in [7, 11) is 2.26. The van der Waals surface area contributed by atoms with E-state index in [0.717, 1.165) is 48.9 Å². The molecule has 3 atom stereocenters. The molecule has 2 fully saturated rings. The number of quaternary nitrogens is 1. The van der Waals surface area contributed by atoms with E-state index >= 15 is 0 Å². The fourth-order valence-corrected chi connectivity index (χ4v) is 4.30. The van der Waals surface area contributed by atoms with Crippen LogP contribution in [0.25, 0.3) is 0 Å². The van der Waals surface area contributed by atoms with Gasteiger partial charge in [-0.1, -0.05) is 43.2 Å². The first-order valence-corrected chi connectivity index (χ1v) is 9.20. The summed E-state index contributed by atoms with van der Waals surface area (Å²) in [5, 5.41) is 0. The lowest BCUT2D eigenvalue weighted by atomic mass is 9.85. The van der Waals surface area contributed by atoms with Crippen LogP contribution in [0.1, 0.15) is 50.5 Å². The van der Waals surface area contributed by atoms with E-state index in [-0.39, 0.29) is 35.0 Å². The maximum atomic E-state index is 13.0. The molecule has 24 heavy (non-hydrogen) atoms. The van der Waals surface area contributed by atoms with E-state index in [2.05, 4.69) is 26.1 Å². The normalized spacial score (nSPS) is 28.3. The van der Waals surface area contributed by atoms with Gasteiger partial charge in [-0.15, -0.1) is 0 Å². The Morgan fingerprint density at radius 3 is 2.46 bits per heavy atom. The highest BCUT2D eigenvalue weighted by Crippen LogP contribution is 2.38. The van der Waals surface area contributed by atoms with Gasteiger partial charge in [-0.05, 0) is 31.2 Å². The van der Waals surface area contributed by atoms with Crippen LogP contribution in [0.15, 0.2) is 30.3 Å². The average molecular weight is 396 g/mol. The number of halogens is 1. The lowest BCUT2D eigenvalue weighted by molar-refractivity contribution is -0.897. The summed E-state index contributed by atoms with van der Waals surface area (Å²) in [5.74, 6) is 0.399. The standard InChI is InChI=1S/C20H30NO2.BrH/c1-3-21(2)14-13-18(15-21)23-20(22)19(17-11-7-8-12-17)16-9-5-4-6-10-16;/h4-6,9-10,17-19H,3,7-8,11-15H2,1-2H3;1H/q+1;/p-1. The van der Waals surface area contributed by atoms with Gasteiger partial charge in [0.1, 0.15) is 6.54 Å².